The fourth-order valence-electron chi connectivity index (χ4n) is 1.20. The number of carbonyl (C=O) groups excluding carboxylic acids is 1. The van der Waals surface area contributed by atoms with Crippen molar-refractivity contribution in [2.75, 3.05) is 6.61 Å². The van der Waals surface area contributed by atoms with Crippen molar-refractivity contribution in [1.29, 1.82) is 0 Å². The molecular formula is C7H9NO2. The van der Waals surface area contributed by atoms with Crippen LogP contribution in [-0.2, 0) is 9.53 Å². The van der Waals surface area contributed by atoms with Crippen LogP contribution in [0.1, 0.15) is 13.3 Å². The van der Waals surface area contributed by atoms with Gasteiger partial charge >= 0.3 is 0 Å². The molecule has 0 unspecified atom stereocenters. The molecule has 3 heteroatoms. The van der Waals surface area contributed by atoms with E-state index < -0.39 is 0 Å². The fourth-order valence-corrected chi connectivity index (χ4v) is 1.20. The number of nitrogens with zero attached hydrogens (tertiary/aromatic N) is 1. The Hall–Kier alpha value is -0.830. The number of fused-ring (bicyclic) bond motifs is 1. The van der Waals surface area contributed by atoms with Gasteiger partial charge in [0.25, 0.3) is 0 Å². The van der Waals surface area contributed by atoms with Gasteiger partial charge in [0, 0.05) is 6.20 Å². The van der Waals surface area contributed by atoms with Gasteiger partial charge < -0.3 is 4.74 Å². The average molecular weight is 139 g/mol. The molecule has 1 saturated heterocycles. The van der Waals surface area contributed by atoms with Crippen LogP contribution in [0.2, 0.25) is 0 Å². The quantitative estimate of drug-likeness (QED) is 0.457. The van der Waals surface area contributed by atoms with Crippen LogP contribution in [0.25, 0.3) is 0 Å². The Bertz CT molecular complexity index is 210. The summed E-state index contributed by atoms with van der Waals surface area (Å²) in [6.45, 7) is 2.64. The maximum atomic E-state index is 10.8. The van der Waals surface area contributed by atoms with Crippen LogP contribution in [0.5, 0.6) is 0 Å². The normalized spacial score (nSPS) is 30.9. The van der Waals surface area contributed by atoms with Crippen molar-refractivity contribution < 1.29 is 9.53 Å². The third-order valence-corrected chi connectivity index (χ3v) is 1.81. The van der Waals surface area contributed by atoms with Gasteiger partial charge in [-0.05, 0) is 12.5 Å². The standard InChI is InChI=1S/C7H9NO2/c1-5-3-8-6(9)2-7(8)10-4-5/h3,7H,2,4H2,1H3/t7-/m1/s1. The van der Waals surface area contributed by atoms with Gasteiger partial charge in [-0.15, -0.1) is 0 Å². The van der Waals surface area contributed by atoms with Crippen LogP contribution in [0, 0.1) is 0 Å². The van der Waals surface area contributed by atoms with Crippen LogP contribution in [0.3, 0.4) is 0 Å². The van der Waals surface area contributed by atoms with Gasteiger partial charge in [0.2, 0.25) is 5.91 Å². The molecule has 1 amide bonds. The first-order chi connectivity index (χ1) is 4.77. The van der Waals surface area contributed by atoms with E-state index >= 15 is 0 Å². The van der Waals surface area contributed by atoms with E-state index in [0.29, 0.717) is 13.0 Å². The maximum absolute atomic E-state index is 10.8. The molecule has 0 radical (unpaired) electrons. The Kier molecular flexibility index (Phi) is 1.08. The summed E-state index contributed by atoms with van der Waals surface area (Å²) < 4.78 is 5.30. The van der Waals surface area contributed by atoms with Gasteiger partial charge in [0.05, 0.1) is 13.0 Å². The van der Waals surface area contributed by atoms with Gasteiger partial charge in [0.1, 0.15) is 6.23 Å². The van der Waals surface area contributed by atoms with Crippen molar-refractivity contribution in [3.8, 4) is 0 Å². The molecule has 1 atom stereocenters. The van der Waals surface area contributed by atoms with Crippen molar-refractivity contribution >= 4 is 5.91 Å². The van der Waals surface area contributed by atoms with E-state index in [1.807, 2.05) is 13.1 Å². The summed E-state index contributed by atoms with van der Waals surface area (Å²) in [5.41, 5.74) is 1.12. The zero-order valence-corrected chi connectivity index (χ0v) is 5.83. The monoisotopic (exact) mass is 139 g/mol. The van der Waals surface area contributed by atoms with E-state index in [0.717, 1.165) is 5.57 Å². The van der Waals surface area contributed by atoms with E-state index in [1.54, 1.807) is 4.90 Å². The van der Waals surface area contributed by atoms with Crippen molar-refractivity contribution in [2.24, 2.45) is 0 Å². The lowest BCUT2D eigenvalue weighted by Crippen LogP contribution is -2.52. The van der Waals surface area contributed by atoms with E-state index in [1.165, 1.54) is 0 Å². The first-order valence-corrected chi connectivity index (χ1v) is 3.37. The third-order valence-electron chi connectivity index (χ3n) is 1.81. The summed E-state index contributed by atoms with van der Waals surface area (Å²) in [5, 5.41) is 0. The Balaban J connectivity index is 2.18. The highest BCUT2D eigenvalue weighted by molar-refractivity contribution is 5.83. The minimum atomic E-state index is 0.0520. The van der Waals surface area contributed by atoms with Crippen molar-refractivity contribution in [3.63, 3.8) is 0 Å². The summed E-state index contributed by atoms with van der Waals surface area (Å²) in [4.78, 5) is 12.5. The molecule has 2 aliphatic rings. The van der Waals surface area contributed by atoms with Crippen LogP contribution in [-0.4, -0.2) is 23.6 Å². The van der Waals surface area contributed by atoms with Crippen molar-refractivity contribution in [3.05, 3.63) is 11.8 Å². The molecule has 1 fully saturated rings. The first kappa shape index (κ1) is 5.92. The lowest BCUT2D eigenvalue weighted by molar-refractivity contribution is -0.167. The number of β-lactam (4-membered cyclic amide) rings is 1. The molecule has 0 aromatic carbocycles. The van der Waals surface area contributed by atoms with Gasteiger partial charge in [0.15, 0.2) is 0 Å². The van der Waals surface area contributed by atoms with E-state index in [-0.39, 0.29) is 12.1 Å². The second-order valence-corrected chi connectivity index (χ2v) is 2.75. The van der Waals surface area contributed by atoms with Crippen molar-refractivity contribution in [2.45, 2.75) is 19.6 Å². The van der Waals surface area contributed by atoms with Crippen LogP contribution < -0.4 is 0 Å². The molecular weight excluding hydrogens is 130 g/mol. The number of ether oxygens (including phenoxy) is 1. The molecule has 0 aromatic heterocycles. The Labute approximate surface area is 59.3 Å². The molecule has 10 heavy (non-hydrogen) atoms. The van der Waals surface area contributed by atoms with E-state index in [4.69, 9.17) is 4.74 Å². The smallest absolute Gasteiger partial charge is 0.233 e. The fraction of sp³-hybridized carbons (Fsp3) is 0.571. The van der Waals surface area contributed by atoms with Gasteiger partial charge in [-0.25, -0.2) is 0 Å². The summed E-state index contributed by atoms with van der Waals surface area (Å²) in [5.74, 6) is 0.170. The zero-order valence-electron chi connectivity index (χ0n) is 5.83. The molecule has 0 spiro atoms. The number of carbonyl (C=O) groups is 1. The number of hydrogen-bond donors (Lipinski definition) is 0. The Morgan fingerprint density at radius 3 is 3.20 bits per heavy atom. The lowest BCUT2D eigenvalue weighted by Gasteiger charge is -2.40. The van der Waals surface area contributed by atoms with Gasteiger partial charge in [-0.3, -0.25) is 9.69 Å². The number of hydrogen-bond acceptors (Lipinski definition) is 2. The molecule has 0 N–H and O–H groups in total. The van der Waals surface area contributed by atoms with E-state index in [2.05, 4.69) is 0 Å². The van der Waals surface area contributed by atoms with Crippen LogP contribution in [0.4, 0.5) is 0 Å². The minimum absolute atomic E-state index is 0.0520. The predicted molar refractivity (Wildman–Crippen MR) is 35.0 cm³/mol. The van der Waals surface area contributed by atoms with Gasteiger partial charge in [-0.1, -0.05) is 0 Å². The molecule has 2 rings (SSSR count). The second-order valence-electron chi connectivity index (χ2n) is 2.75. The first-order valence-electron chi connectivity index (χ1n) is 3.37. The molecule has 54 valence electrons. The Morgan fingerprint density at radius 1 is 1.80 bits per heavy atom. The second kappa shape index (κ2) is 1.83. The van der Waals surface area contributed by atoms with E-state index in [9.17, 15) is 4.79 Å². The highest BCUT2D eigenvalue weighted by Gasteiger charge is 2.37. The summed E-state index contributed by atoms with van der Waals surface area (Å²) in [7, 11) is 0. The maximum Gasteiger partial charge on any atom is 0.233 e. The molecule has 0 saturated carbocycles. The Morgan fingerprint density at radius 2 is 2.60 bits per heavy atom. The summed E-state index contributed by atoms with van der Waals surface area (Å²) in [6, 6.07) is 0. The largest absolute Gasteiger partial charge is 0.353 e. The molecule has 2 heterocycles. The number of amides is 1. The molecule has 0 aliphatic carbocycles. The number of rotatable bonds is 0. The topological polar surface area (TPSA) is 29.5 Å². The lowest BCUT2D eigenvalue weighted by atomic mass is 10.1. The minimum Gasteiger partial charge on any atom is -0.353 e. The molecule has 0 bridgehead atoms. The molecule has 0 aromatic rings. The molecule has 3 nitrogen and oxygen atoms in total. The van der Waals surface area contributed by atoms with Gasteiger partial charge in [-0.2, -0.15) is 0 Å². The third kappa shape index (κ3) is 0.671. The highest BCUT2D eigenvalue weighted by Crippen LogP contribution is 2.25. The van der Waals surface area contributed by atoms with Crippen LogP contribution >= 0.6 is 0 Å². The zero-order chi connectivity index (χ0) is 7.14. The summed E-state index contributed by atoms with van der Waals surface area (Å²) >= 11 is 0. The predicted octanol–water partition coefficient (Wildman–Crippen LogP) is 0.479. The van der Waals surface area contributed by atoms with Crippen LogP contribution in [0.15, 0.2) is 11.8 Å². The SMILES string of the molecule is CC1=CN2C(=O)C[C@H]2OC1. The average Bonchev–Trinajstić information content (AvgIpc) is 1.92. The van der Waals surface area contributed by atoms with Crippen molar-refractivity contribution in [1.82, 2.24) is 4.90 Å². The summed E-state index contributed by atoms with van der Waals surface area (Å²) in [6.07, 6.45) is 2.49. The highest BCUT2D eigenvalue weighted by atomic mass is 16.5. The molecule has 2 aliphatic heterocycles.